The highest BCUT2D eigenvalue weighted by atomic mass is 16.5. The lowest BCUT2D eigenvalue weighted by Gasteiger charge is -2.12. The van der Waals surface area contributed by atoms with Gasteiger partial charge in [-0.3, -0.25) is 4.79 Å². The molecule has 5 heteroatoms. The quantitative estimate of drug-likeness (QED) is 0.624. The number of carbonyl (C=O) groups is 2. The summed E-state index contributed by atoms with van der Waals surface area (Å²) in [5.74, 6) is 4.88. The molecule has 0 saturated heterocycles. The van der Waals surface area contributed by atoms with Gasteiger partial charge in [0.15, 0.2) is 0 Å². The normalized spacial score (nSPS) is 11.0. The number of hydrogen-bond acceptors (Lipinski definition) is 4. The maximum absolute atomic E-state index is 12.0. The van der Waals surface area contributed by atoms with E-state index in [0.717, 1.165) is 11.1 Å². The zero-order chi connectivity index (χ0) is 15.1. The van der Waals surface area contributed by atoms with Crippen molar-refractivity contribution in [3.63, 3.8) is 0 Å². The van der Waals surface area contributed by atoms with Crippen molar-refractivity contribution in [3.05, 3.63) is 34.9 Å². The fourth-order valence-electron chi connectivity index (χ4n) is 1.61. The molecule has 0 aliphatic carbocycles. The van der Waals surface area contributed by atoms with Crippen LogP contribution in [-0.2, 0) is 9.53 Å². The van der Waals surface area contributed by atoms with Gasteiger partial charge in [0.05, 0.1) is 13.7 Å². The maximum atomic E-state index is 12.0. The van der Waals surface area contributed by atoms with Gasteiger partial charge in [-0.05, 0) is 37.6 Å². The SMILES string of the molecule is COC(=O)C(C)NC(=O)c1ccc(C#CCN)c(C)c1. The third kappa shape index (κ3) is 4.11. The topological polar surface area (TPSA) is 81.4 Å². The monoisotopic (exact) mass is 274 g/mol. The number of ether oxygens (including phenoxy) is 1. The van der Waals surface area contributed by atoms with Crippen molar-refractivity contribution in [2.24, 2.45) is 5.73 Å². The average molecular weight is 274 g/mol. The Bertz CT molecular complexity index is 570. The van der Waals surface area contributed by atoms with Crippen LogP contribution in [-0.4, -0.2) is 31.6 Å². The first-order valence-corrected chi connectivity index (χ1v) is 6.18. The third-order valence-corrected chi connectivity index (χ3v) is 2.72. The Morgan fingerprint density at radius 2 is 2.15 bits per heavy atom. The third-order valence-electron chi connectivity index (χ3n) is 2.72. The lowest BCUT2D eigenvalue weighted by molar-refractivity contribution is -0.142. The van der Waals surface area contributed by atoms with Gasteiger partial charge in [-0.2, -0.15) is 0 Å². The van der Waals surface area contributed by atoms with Crippen LogP contribution in [0, 0.1) is 18.8 Å². The lowest BCUT2D eigenvalue weighted by atomic mass is 10.0. The summed E-state index contributed by atoms with van der Waals surface area (Å²) in [6.07, 6.45) is 0. The zero-order valence-electron chi connectivity index (χ0n) is 11.8. The van der Waals surface area contributed by atoms with Crippen molar-refractivity contribution in [2.75, 3.05) is 13.7 Å². The number of amides is 1. The van der Waals surface area contributed by atoms with E-state index in [1.807, 2.05) is 6.92 Å². The summed E-state index contributed by atoms with van der Waals surface area (Å²) in [7, 11) is 1.28. The highest BCUT2D eigenvalue weighted by Crippen LogP contribution is 2.10. The average Bonchev–Trinajstić information content (AvgIpc) is 2.44. The van der Waals surface area contributed by atoms with Gasteiger partial charge in [0, 0.05) is 11.1 Å². The van der Waals surface area contributed by atoms with Gasteiger partial charge in [-0.15, -0.1) is 0 Å². The highest BCUT2D eigenvalue weighted by molar-refractivity contribution is 5.97. The van der Waals surface area contributed by atoms with Crippen molar-refractivity contribution in [1.29, 1.82) is 0 Å². The van der Waals surface area contributed by atoms with E-state index < -0.39 is 12.0 Å². The molecular formula is C15H18N2O3. The fourth-order valence-corrected chi connectivity index (χ4v) is 1.61. The van der Waals surface area contributed by atoms with Crippen LogP contribution in [0.15, 0.2) is 18.2 Å². The Labute approximate surface area is 118 Å². The molecule has 3 N–H and O–H groups in total. The van der Waals surface area contributed by atoms with Crippen LogP contribution in [0.25, 0.3) is 0 Å². The summed E-state index contributed by atoms with van der Waals surface area (Å²) in [6, 6.07) is 4.45. The smallest absolute Gasteiger partial charge is 0.328 e. The molecule has 0 aliphatic heterocycles. The summed E-state index contributed by atoms with van der Waals surface area (Å²) >= 11 is 0. The van der Waals surface area contributed by atoms with Crippen LogP contribution in [0.3, 0.4) is 0 Å². The van der Waals surface area contributed by atoms with Crippen LogP contribution >= 0.6 is 0 Å². The summed E-state index contributed by atoms with van der Waals surface area (Å²) < 4.78 is 4.55. The Kier molecular flexibility index (Phi) is 5.75. The number of aryl methyl sites for hydroxylation is 1. The number of nitrogens with one attached hydrogen (secondary N) is 1. The summed E-state index contributed by atoms with van der Waals surface area (Å²) in [6.45, 7) is 3.72. The van der Waals surface area contributed by atoms with E-state index in [1.165, 1.54) is 7.11 Å². The maximum Gasteiger partial charge on any atom is 0.328 e. The van der Waals surface area contributed by atoms with Crippen LogP contribution in [0.4, 0.5) is 0 Å². The molecule has 0 saturated carbocycles. The van der Waals surface area contributed by atoms with Gasteiger partial charge >= 0.3 is 5.97 Å². The molecule has 0 aromatic heterocycles. The van der Waals surface area contributed by atoms with Crippen molar-refractivity contribution in [3.8, 4) is 11.8 Å². The minimum atomic E-state index is -0.690. The zero-order valence-corrected chi connectivity index (χ0v) is 11.8. The van der Waals surface area contributed by atoms with E-state index >= 15 is 0 Å². The Morgan fingerprint density at radius 3 is 2.70 bits per heavy atom. The molecule has 20 heavy (non-hydrogen) atoms. The number of carbonyl (C=O) groups excluding carboxylic acids is 2. The Balaban J connectivity index is 2.85. The molecule has 1 unspecified atom stereocenters. The number of hydrogen-bond donors (Lipinski definition) is 2. The van der Waals surface area contributed by atoms with Crippen molar-refractivity contribution in [2.45, 2.75) is 19.9 Å². The number of benzene rings is 1. The molecule has 0 fully saturated rings. The molecule has 106 valence electrons. The van der Waals surface area contributed by atoms with Crippen molar-refractivity contribution < 1.29 is 14.3 Å². The first kappa shape index (κ1) is 15.7. The second kappa shape index (κ2) is 7.31. The van der Waals surface area contributed by atoms with Gasteiger partial charge in [0.25, 0.3) is 5.91 Å². The van der Waals surface area contributed by atoms with E-state index in [-0.39, 0.29) is 5.91 Å². The van der Waals surface area contributed by atoms with E-state index in [0.29, 0.717) is 12.1 Å². The number of nitrogens with two attached hydrogens (primary N) is 1. The Morgan fingerprint density at radius 1 is 1.45 bits per heavy atom. The summed E-state index contributed by atoms with van der Waals surface area (Å²) in [5, 5.41) is 2.57. The second-order valence-corrected chi connectivity index (χ2v) is 4.25. The first-order valence-electron chi connectivity index (χ1n) is 6.18. The van der Waals surface area contributed by atoms with Gasteiger partial charge in [-0.1, -0.05) is 11.8 Å². The predicted octanol–water partition coefficient (Wildman–Crippen LogP) is 0.597. The first-order chi connectivity index (χ1) is 9.49. The standard InChI is InChI=1S/C15H18N2O3/c1-10-9-13(7-6-12(10)5-4-8-16)14(18)17-11(2)15(19)20-3/h6-7,9,11H,8,16H2,1-3H3,(H,17,18). The summed E-state index contributed by atoms with van der Waals surface area (Å²) in [4.78, 5) is 23.2. The largest absolute Gasteiger partial charge is 0.467 e. The Hall–Kier alpha value is -2.32. The molecule has 1 aromatic rings. The molecule has 0 heterocycles. The van der Waals surface area contributed by atoms with Gasteiger partial charge in [0.1, 0.15) is 6.04 Å². The molecule has 5 nitrogen and oxygen atoms in total. The van der Waals surface area contributed by atoms with E-state index in [9.17, 15) is 9.59 Å². The lowest BCUT2D eigenvalue weighted by Crippen LogP contribution is -2.39. The van der Waals surface area contributed by atoms with E-state index in [4.69, 9.17) is 5.73 Å². The van der Waals surface area contributed by atoms with Gasteiger partial charge in [-0.25, -0.2) is 4.79 Å². The fraction of sp³-hybridized carbons (Fsp3) is 0.333. The molecule has 1 rings (SSSR count). The van der Waals surface area contributed by atoms with Gasteiger partial charge < -0.3 is 15.8 Å². The second-order valence-electron chi connectivity index (χ2n) is 4.25. The molecular weight excluding hydrogens is 256 g/mol. The van der Waals surface area contributed by atoms with E-state index in [1.54, 1.807) is 25.1 Å². The van der Waals surface area contributed by atoms with Gasteiger partial charge in [0.2, 0.25) is 0 Å². The van der Waals surface area contributed by atoms with E-state index in [2.05, 4.69) is 21.9 Å². The van der Waals surface area contributed by atoms with Crippen LogP contribution < -0.4 is 11.1 Å². The molecule has 0 radical (unpaired) electrons. The predicted molar refractivity (Wildman–Crippen MR) is 76.1 cm³/mol. The van der Waals surface area contributed by atoms with Crippen LogP contribution in [0.1, 0.15) is 28.4 Å². The van der Waals surface area contributed by atoms with Crippen LogP contribution in [0.5, 0.6) is 0 Å². The van der Waals surface area contributed by atoms with Crippen LogP contribution in [0.2, 0.25) is 0 Å². The number of esters is 1. The molecule has 0 bridgehead atoms. The molecule has 0 spiro atoms. The number of rotatable bonds is 3. The molecule has 1 amide bonds. The minimum absolute atomic E-state index is 0.290. The highest BCUT2D eigenvalue weighted by Gasteiger charge is 2.17. The molecule has 0 aliphatic rings. The summed E-state index contributed by atoms with van der Waals surface area (Å²) in [5.41, 5.74) is 7.49. The van der Waals surface area contributed by atoms with Crippen molar-refractivity contribution in [1.82, 2.24) is 5.32 Å². The molecule has 1 aromatic carbocycles. The van der Waals surface area contributed by atoms with Crippen molar-refractivity contribution >= 4 is 11.9 Å². The number of methoxy groups -OCH3 is 1. The molecule has 1 atom stereocenters. The minimum Gasteiger partial charge on any atom is -0.467 e.